The van der Waals surface area contributed by atoms with E-state index in [-0.39, 0.29) is 12.0 Å². The van der Waals surface area contributed by atoms with Crippen LogP contribution in [-0.2, 0) is 16.1 Å². The first-order chi connectivity index (χ1) is 9.27. The molecule has 0 saturated carbocycles. The maximum atomic E-state index is 11.7. The van der Waals surface area contributed by atoms with E-state index in [1.165, 1.54) is 0 Å². The van der Waals surface area contributed by atoms with E-state index < -0.39 is 0 Å². The molecular weight excluding hydrogens is 242 g/mol. The number of ether oxygens (including phenoxy) is 1. The Morgan fingerprint density at radius 1 is 1.42 bits per heavy atom. The van der Waals surface area contributed by atoms with Crippen molar-refractivity contribution in [1.29, 1.82) is 0 Å². The molecule has 0 aromatic carbocycles. The molecule has 0 saturated heterocycles. The van der Waals surface area contributed by atoms with Crippen molar-refractivity contribution in [2.45, 2.75) is 52.1 Å². The Labute approximate surface area is 115 Å². The minimum Gasteiger partial charge on any atom is -0.465 e. The SMILES string of the molecule is CCCC(NCCCCn1ccnc1)C(=O)OCC. The first-order valence-electron chi connectivity index (χ1n) is 7.13. The number of nitrogens with zero attached hydrogens (tertiary/aromatic N) is 2. The molecule has 1 N–H and O–H groups in total. The molecule has 1 aromatic rings. The van der Waals surface area contributed by atoms with Gasteiger partial charge in [-0.2, -0.15) is 0 Å². The second-order valence-corrected chi connectivity index (χ2v) is 4.56. The molecule has 5 nitrogen and oxygen atoms in total. The van der Waals surface area contributed by atoms with Gasteiger partial charge in [0.1, 0.15) is 6.04 Å². The van der Waals surface area contributed by atoms with Crippen LogP contribution >= 0.6 is 0 Å². The molecule has 0 fully saturated rings. The van der Waals surface area contributed by atoms with Gasteiger partial charge in [0.25, 0.3) is 0 Å². The number of imidazole rings is 1. The lowest BCUT2D eigenvalue weighted by Gasteiger charge is -2.16. The average Bonchev–Trinajstić information content (AvgIpc) is 2.90. The Morgan fingerprint density at radius 2 is 2.26 bits per heavy atom. The topological polar surface area (TPSA) is 56.2 Å². The molecule has 0 radical (unpaired) electrons. The first kappa shape index (κ1) is 15.7. The number of hydrogen-bond donors (Lipinski definition) is 1. The fraction of sp³-hybridized carbons (Fsp3) is 0.714. The summed E-state index contributed by atoms with van der Waals surface area (Å²) in [5.41, 5.74) is 0. The van der Waals surface area contributed by atoms with Gasteiger partial charge in [-0.3, -0.25) is 4.79 Å². The molecule has 1 rings (SSSR count). The third-order valence-corrected chi connectivity index (χ3v) is 2.94. The predicted molar refractivity (Wildman–Crippen MR) is 74.8 cm³/mol. The molecule has 0 bridgehead atoms. The predicted octanol–water partition coefficient (Wildman–Crippen LogP) is 1.98. The molecule has 1 unspecified atom stereocenters. The normalized spacial score (nSPS) is 12.3. The Morgan fingerprint density at radius 3 is 2.89 bits per heavy atom. The highest BCUT2D eigenvalue weighted by molar-refractivity contribution is 5.75. The fourth-order valence-corrected chi connectivity index (χ4v) is 1.95. The van der Waals surface area contributed by atoms with Crippen molar-refractivity contribution >= 4 is 5.97 Å². The van der Waals surface area contributed by atoms with Gasteiger partial charge in [-0.1, -0.05) is 13.3 Å². The van der Waals surface area contributed by atoms with Gasteiger partial charge < -0.3 is 14.6 Å². The summed E-state index contributed by atoms with van der Waals surface area (Å²) in [4.78, 5) is 15.7. The highest BCUT2D eigenvalue weighted by Crippen LogP contribution is 2.01. The van der Waals surface area contributed by atoms with Crippen molar-refractivity contribution in [3.8, 4) is 0 Å². The van der Waals surface area contributed by atoms with Crippen LogP contribution in [0.3, 0.4) is 0 Å². The van der Waals surface area contributed by atoms with E-state index in [1.54, 1.807) is 6.20 Å². The average molecular weight is 267 g/mol. The molecule has 0 aliphatic heterocycles. The summed E-state index contributed by atoms with van der Waals surface area (Å²) in [6.45, 7) is 6.18. The molecule has 0 aliphatic carbocycles. The van der Waals surface area contributed by atoms with E-state index in [0.717, 1.165) is 38.8 Å². The van der Waals surface area contributed by atoms with E-state index in [4.69, 9.17) is 4.74 Å². The largest absolute Gasteiger partial charge is 0.465 e. The number of carbonyl (C=O) groups is 1. The zero-order valence-corrected chi connectivity index (χ0v) is 12.0. The number of carbonyl (C=O) groups excluding carboxylic acids is 1. The highest BCUT2D eigenvalue weighted by Gasteiger charge is 2.17. The Balaban J connectivity index is 2.15. The van der Waals surface area contributed by atoms with Crippen molar-refractivity contribution in [3.63, 3.8) is 0 Å². The Bertz CT molecular complexity index is 338. The molecule has 1 atom stereocenters. The lowest BCUT2D eigenvalue weighted by atomic mass is 10.1. The Hall–Kier alpha value is -1.36. The number of rotatable bonds is 10. The van der Waals surface area contributed by atoms with E-state index >= 15 is 0 Å². The first-order valence-corrected chi connectivity index (χ1v) is 7.13. The molecular formula is C14H25N3O2. The van der Waals surface area contributed by atoms with Crippen LogP contribution in [0, 0.1) is 0 Å². The van der Waals surface area contributed by atoms with Crippen molar-refractivity contribution in [1.82, 2.24) is 14.9 Å². The standard InChI is InChI=1S/C14H25N3O2/c1-3-7-13(14(18)19-4-2)16-8-5-6-10-17-11-9-15-12-17/h9,11-13,16H,3-8,10H2,1-2H3. The zero-order chi connectivity index (χ0) is 13.9. The number of nitrogens with one attached hydrogen (secondary N) is 1. The van der Waals surface area contributed by atoms with Crippen LogP contribution in [0.2, 0.25) is 0 Å². The van der Waals surface area contributed by atoms with Gasteiger partial charge in [0.15, 0.2) is 0 Å². The smallest absolute Gasteiger partial charge is 0.323 e. The third kappa shape index (κ3) is 6.38. The summed E-state index contributed by atoms with van der Waals surface area (Å²) < 4.78 is 7.12. The maximum absolute atomic E-state index is 11.7. The minimum absolute atomic E-state index is 0.126. The van der Waals surface area contributed by atoms with E-state index in [2.05, 4.69) is 21.8 Å². The van der Waals surface area contributed by atoms with Crippen LogP contribution < -0.4 is 5.32 Å². The summed E-state index contributed by atoms with van der Waals surface area (Å²) in [5.74, 6) is -0.126. The molecule has 0 spiro atoms. The van der Waals surface area contributed by atoms with Crippen LogP contribution in [0.5, 0.6) is 0 Å². The summed E-state index contributed by atoms with van der Waals surface area (Å²) in [5, 5.41) is 3.29. The van der Waals surface area contributed by atoms with E-state index in [1.807, 2.05) is 19.4 Å². The van der Waals surface area contributed by atoms with Crippen molar-refractivity contribution in [2.75, 3.05) is 13.2 Å². The van der Waals surface area contributed by atoms with Gasteiger partial charge in [-0.15, -0.1) is 0 Å². The quantitative estimate of drug-likeness (QED) is 0.520. The maximum Gasteiger partial charge on any atom is 0.323 e. The number of aromatic nitrogens is 2. The molecule has 19 heavy (non-hydrogen) atoms. The van der Waals surface area contributed by atoms with Gasteiger partial charge in [0, 0.05) is 18.9 Å². The van der Waals surface area contributed by atoms with Gasteiger partial charge in [0.05, 0.1) is 12.9 Å². The molecule has 1 heterocycles. The van der Waals surface area contributed by atoms with Gasteiger partial charge in [-0.05, 0) is 32.7 Å². The van der Waals surface area contributed by atoms with Crippen LogP contribution in [0.15, 0.2) is 18.7 Å². The van der Waals surface area contributed by atoms with Crippen molar-refractivity contribution < 1.29 is 9.53 Å². The van der Waals surface area contributed by atoms with Crippen LogP contribution in [0.25, 0.3) is 0 Å². The summed E-state index contributed by atoms with van der Waals surface area (Å²) in [6.07, 6.45) is 9.50. The van der Waals surface area contributed by atoms with Crippen molar-refractivity contribution in [2.24, 2.45) is 0 Å². The second kappa shape index (κ2) is 9.55. The number of aryl methyl sites for hydroxylation is 1. The number of esters is 1. The summed E-state index contributed by atoms with van der Waals surface area (Å²) in [6, 6.07) is -0.154. The number of hydrogen-bond acceptors (Lipinski definition) is 4. The third-order valence-electron chi connectivity index (χ3n) is 2.94. The monoisotopic (exact) mass is 267 g/mol. The second-order valence-electron chi connectivity index (χ2n) is 4.56. The zero-order valence-electron chi connectivity index (χ0n) is 12.0. The van der Waals surface area contributed by atoms with Crippen molar-refractivity contribution in [3.05, 3.63) is 18.7 Å². The van der Waals surface area contributed by atoms with Gasteiger partial charge in [0.2, 0.25) is 0 Å². The van der Waals surface area contributed by atoms with Crippen LogP contribution in [0.1, 0.15) is 39.5 Å². The summed E-state index contributed by atoms with van der Waals surface area (Å²) in [7, 11) is 0. The van der Waals surface area contributed by atoms with Crippen LogP contribution in [-0.4, -0.2) is 34.7 Å². The molecule has 0 aliphatic rings. The van der Waals surface area contributed by atoms with Crippen LogP contribution in [0.4, 0.5) is 0 Å². The summed E-state index contributed by atoms with van der Waals surface area (Å²) >= 11 is 0. The molecule has 5 heteroatoms. The highest BCUT2D eigenvalue weighted by atomic mass is 16.5. The molecule has 108 valence electrons. The molecule has 0 amide bonds. The lowest BCUT2D eigenvalue weighted by molar-refractivity contribution is -0.145. The van der Waals surface area contributed by atoms with E-state index in [0.29, 0.717) is 6.61 Å². The number of unbranched alkanes of at least 4 members (excludes halogenated alkanes) is 1. The Kier molecular flexibility index (Phi) is 7.89. The van der Waals surface area contributed by atoms with Gasteiger partial charge in [-0.25, -0.2) is 4.98 Å². The van der Waals surface area contributed by atoms with Gasteiger partial charge >= 0.3 is 5.97 Å². The minimum atomic E-state index is -0.154. The lowest BCUT2D eigenvalue weighted by Crippen LogP contribution is -2.38. The van der Waals surface area contributed by atoms with E-state index in [9.17, 15) is 4.79 Å². The fourth-order valence-electron chi connectivity index (χ4n) is 1.95. The molecule has 1 aromatic heterocycles.